The number of carboxylic acid groups (broad SMARTS) is 1. The zero-order valence-electron chi connectivity index (χ0n) is 15.1. The first-order chi connectivity index (χ1) is 14.0. The number of nitro benzene ring substituents is 1. The Morgan fingerprint density at radius 1 is 0.931 bits per heavy atom. The van der Waals surface area contributed by atoms with Crippen molar-refractivity contribution < 1.29 is 19.6 Å². The van der Waals surface area contributed by atoms with Gasteiger partial charge in [-0.15, -0.1) is 0 Å². The van der Waals surface area contributed by atoms with E-state index in [4.69, 9.17) is 0 Å². The van der Waals surface area contributed by atoms with Gasteiger partial charge in [-0.1, -0.05) is 48.5 Å². The van der Waals surface area contributed by atoms with Crippen LogP contribution < -0.4 is 5.32 Å². The molecule has 0 aliphatic rings. The van der Waals surface area contributed by atoms with Gasteiger partial charge in [-0.2, -0.15) is 0 Å². The Labute approximate surface area is 166 Å². The number of hydrogen-bond donors (Lipinski definition) is 2. The summed E-state index contributed by atoms with van der Waals surface area (Å²) in [4.78, 5) is 34.7. The summed E-state index contributed by atoms with van der Waals surface area (Å²) >= 11 is 0. The van der Waals surface area contributed by atoms with Crippen molar-refractivity contribution in [2.24, 2.45) is 0 Å². The molecule has 7 heteroatoms. The Morgan fingerprint density at radius 3 is 2.31 bits per heavy atom. The highest BCUT2D eigenvalue weighted by Crippen LogP contribution is 2.30. The van der Waals surface area contributed by atoms with E-state index in [-0.39, 0.29) is 11.4 Å². The van der Waals surface area contributed by atoms with Gasteiger partial charge in [-0.05, 0) is 41.5 Å². The molecule has 3 aromatic rings. The van der Waals surface area contributed by atoms with E-state index in [0.717, 1.165) is 0 Å². The Hall–Kier alpha value is -4.26. The summed E-state index contributed by atoms with van der Waals surface area (Å²) in [5, 5.41) is 23.1. The van der Waals surface area contributed by atoms with Crippen molar-refractivity contribution in [1.29, 1.82) is 0 Å². The van der Waals surface area contributed by atoms with E-state index in [1.165, 1.54) is 12.1 Å². The van der Waals surface area contributed by atoms with Crippen molar-refractivity contribution in [3.8, 4) is 11.1 Å². The number of nitro groups is 1. The van der Waals surface area contributed by atoms with Crippen molar-refractivity contribution >= 4 is 23.6 Å². The van der Waals surface area contributed by atoms with Crippen LogP contribution in [0.4, 0.5) is 5.69 Å². The van der Waals surface area contributed by atoms with E-state index < -0.39 is 16.8 Å². The number of carboxylic acids is 1. The predicted molar refractivity (Wildman–Crippen MR) is 108 cm³/mol. The lowest BCUT2D eigenvalue weighted by atomic mass is 10.0. The summed E-state index contributed by atoms with van der Waals surface area (Å²) in [6.07, 6.45) is 1.31. The van der Waals surface area contributed by atoms with Gasteiger partial charge in [0, 0.05) is 11.6 Å². The molecule has 144 valence electrons. The number of para-hydroxylation sites is 1. The Kier molecular flexibility index (Phi) is 5.80. The topological polar surface area (TPSA) is 110 Å². The first-order valence-corrected chi connectivity index (χ1v) is 8.61. The van der Waals surface area contributed by atoms with Crippen LogP contribution in [-0.4, -0.2) is 21.9 Å². The molecule has 1 amide bonds. The summed E-state index contributed by atoms with van der Waals surface area (Å²) in [7, 11) is 0. The van der Waals surface area contributed by atoms with E-state index in [0.29, 0.717) is 22.3 Å². The van der Waals surface area contributed by atoms with Gasteiger partial charge in [0.1, 0.15) is 5.70 Å². The van der Waals surface area contributed by atoms with Crippen LogP contribution >= 0.6 is 0 Å². The average Bonchev–Trinajstić information content (AvgIpc) is 2.74. The van der Waals surface area contributed by atoms with Crippen molar-refractivity contribution in [1.82, 2.24) is 5.32 Å². The van der Waals surface area contributed by atoms with E-state index >= 15 is 0 Å². The highest BCUT2D eigenvalue weighted by atomic mass is 16.6. The van der Waals surface area contributed by atoms with Crippen molar-refractivity contribution in [2.45, 2.75) is 0 Å². The van der Waals surface area contributed by atoms with Gasteiger partial charge in [0.15, 0.2) is 0 Å². The standard InChI is InChI=1S/C22H16N2O5/c25-21(16-8-2-1-3-9-16)23-19(22(26)27)14-15-7-6-10-17(13-15)18-11-4-5-12-20(18)24(28)29/h1-14H,(H,23,25)(H,26,27)/b19-14-. The molecule has 0 aliphatic carbocycles. The molecule has 29 heavy (non-hydrogen) atoms. The second-order valence-corrected chi connectivity index (χ2v) is 6.08. The van der Waals surface area contributed by atoms with E-state index in [1.54, 1.807) is 72.8 Å². The fourth-order valence-electron chi connectivity index (χ4n) is 2.77. The highest BCUT2D eigenvalue weighted by molar-refractivity contribution is 6.02. The highest BCUT2D eigenvalue weighted by Gasteiger charge is 2.16. The molecule has 2 N–H and O–H groups in total. The van der Waals surface area contributed by atoms with Crippen LogP contribution in [-0.2, 0) is 4.79 Å². The molecule has 0 aromatic heterocycles. The number of amides is 1. The van der Waals surface area contributed by atoms with Crippen LogP contribution in [0.1, 0.15) is 15.9 Å². The molecule has 3 aromatic carbocycles. The molecule has 7 nitrogen and oxygen atoms in total. The van der Waals surface area contributed by atoms with Crippen LogP contribution in [0.3, 0.4) is 0 Å². The first kappa shape index (κ1) is 19.5. The number of hydrogen-bond acceptors (Lipinski definition) is 4. The SMILES string of the molecule is O=C(O)/C(=C/c1cccc(-c2ccccc2[N+](=O)[O-])c1)NC(=O)c1ccccc1. The molecule has 0 spiro atoms. The van der Waals surface area contributed by atoms with Crippen molar-refractivity contribution in [2.75, 3.05) is 0 Å². The maximum Gasteiger partial charge on any atom is 0.352 e. The maximum atomic E-state index is 12.3. The minimum Gasteiger partial charge on any atom is -0.477 e. The first-order valence-electron chi connectivity index (χ1n) is 8.61. The Bertz CT molecular complexity index is 1110. The Balaban J connectivity index is 1.94. The third kappa shape index (κ3) is 4.72. The van der Waals surface area contributed by atoms with Gasteiger partial charge in [-0.25, -0.2) is 4.79 Å². The van der Waals surface area contributed by atoms with Gasteiger partial charge in [0.05, 0.1) is 10.5 Å². The second kappa shape index (κ2) is 8.62. The number of carbonyl (C=O) groups is 2. The molecule has 0 fully saturated rings. The van der Waals surface area contributed by atoms with Gasteiger partial charge >= 0.3 is 5.97 Å². The molecule has 0 unspecified atom stereocenters. The summed E-state index contributed by atoms with van der Waals surface area (Å²) in [6.45, 7) is 0. The van der Waals surface area contributed by atoms with Crippen LogP contribution in [0, 0.1) is 10.1 Å². The molecule has 0 bridgehead atoms. The third-order valence-corrected chi connectivity index (χ3v) is 4.12. The fourth-order valence-corrected chi connectivity index (χ4v) is 2.77. The molecule has 0 atom stereocenters. The largest absolute Gasteiger partial charge is 0.477 e. The molecule has 0 heterocycles. The normalized spacial score (nSPS) is 11.0. The lowest BCUT2D eigenvalue weighted by molar-refractivity contribution is -0.384. The van der Waals surface area contributed by atoms with Crippen LogP contribution in [0.15, 0.2) is 84.6 Å². The van der Waals surface area contributed by atoms with E-state index in [9.17, 15) is 24.8 Å². The molecular weight excluding hydrogens is 372 g/mol. The lowest BCUT2D eigenvalue weighted by Gasteiger charge is -2.08. The van der Waals surface area contributed by atoms with E-state index in [2.05, 4.69) is 5.32 Å². The summed E-state index contributed by atoms with van der Waals surface area (Å²) in [5.74, 6) is -1.85. The number of rotatable bonds is 6. The summed E-state index contributed by atoms with van der Waals surface area (Å²) < 4.78 is 0. The molecule has 3 rings (SSSR count). The van der Waals surface area contributed by atoms with Gasteiger partial charge in [0.2, 0.25) is 0 Å². The average molecular weight is 388 g/mol. The number of nitrogens with zero attached hydrogens (tertiary/aromatic N) is 1. The number of carbonyl (C=O) groups excluding carboxylic acids is 1. The minimum atomic E-state index is -1.30. The second-order valence-electron chi connectivity index (χ2n) is 6.08. The minimum absolute atomic E-state index is 0.0514. The number of aliphatic carboxylic acids is 1. The summed E-state index contributed by atoms with van der Waals surface area (Å²) in [5.41, 5.74) is 1.42. The maximum absolute atomic E-state index is 12.3. The molecule has 0 radical (unpaired) electrons. The molecule has 0 aliphatic heterocycles. The molecular formula is C22H16N2O5. The quantitative estimate of drug-likeness (QED) is 0.375. The molecule has 0 saturated carbocycles. The van der Waals surface area contributed by atoms with Gasteiger partial charge < -0.3 is 10.4 Å². The van der Waals surface area contributed by atoms with Crippen molar-refractivity contribution in [3.05, 3.63) is 106 Å². The van der Waals surface area contributed by atoms with Crippen molar-refractivity contribution in [3.63, 3.8) is 0 Å². The zero-order valence-corrected chi connectivity index (χ0v) is 15.1. The predicted octanol–water partition coefficient (Wildman–Crippen LogP) is 4.12. The van der Waals surface area contributed by atoms with Gasteiger partial charge in [-0.3, -0.25) is 14.9 Å². The van der Waals surface area contributed by atoms with Crippen LogP contribution in [0.25, 0.3) is 17.2 Å². The van der Waals surface area contributed by atoms with Gasteiger partial charge in [0.25, 0.3) is 11.6 Å². The van der Waals surface area contributed by atoms with Crippen LogP contribution in [0.5, 0.6) is 0 Å². The van der Waals surface area contributed by atoms with E-state index in [1.807, 2.05) is 0 Å². The van der Waals surface area contributed by atoms with Crippen LogP contribution in [0.2, 0.25) is 0 Å². The number of nitrogens with one attached hydrogen (secondary N) is 1. The monoisotopic (exact) mass is 388 g/mol. The third-order valence-electron chi connectivity index (χ3n) is 4.12. The lowest BCUT2D eigenvalue weighted by Crippen LogP contribution is -2.27. The Morgan fingerprint density at radius 2 is 1.62 bits per heavy atom. The number of benzene rings is 3. The molecule has 0 saturated heterocycles. The zero-order chi connectivity index (χ0) is 20.8. The smallest absolute Gasteiger partial charge is 0.352 e. The summed E-state index contributed by atoms with van der Waals surface area (Å²) in [6, 6.07) is 21.2. The fraction of sp³-hybridized carbons (Fsp3) is 0.